The van der Waals surface area contributed by atoms with Gasteiger partial charge >= 0.3 is 0 Å². The molecule has 0 amide bonds. The number of aromatic nitrogens is 1. The Morgan fingerprint density at radius 1 is 1.27 bits per heavy atom. The summed E-state index contributed by atoms with van der Waals surface area (Å²) in [6.45, 7) is 3.99. The maximum atomic E-state index is 10.2. The van der Waals surface area contributed by atoms with Crippen LogP contribution in [0.5, 0.6) is 0 Å². The number of pyridine rings is 1. The highest BCUT2D eigenvalue weighted by Gasteiger charge is 2.13. The van der Waals surface area contributed by atoms with Crippen molar-refractivity contribution in [3.8, 4) is 0 Å². The Hall–Kier alpha value is -1.19. The molecule has 0 spiro atoms. The maximum absolute atomic E-state index is 10.2. The van der Waals surface area contributed by atoms with E-state index >= 15 is 0 Å². The van der Waals surface area contributed by atoms with E-state index in [9.17, 15) is 5.11 Å². The van der Waals surface area contributed by atoms with Crippen molar-refractivity contribution < 1.29 is 5.11 Å². The first-order valence-electron chi connectivity index (χ1n) is 4.81. The van der Waals surface area contributed by atoms with Crippen LogP contribution in [0.4, 0.5) is 0 Å². The summed E-state index contributed by atoms with van der Waals surface area (Å²) < 4.78 is 0. The molecule has 2 rings (SSSR count). The summed E-state index contributed by atoms with van der Waals surface area (Å²) in [5.41, 5.74) is 4.04. The maximum Gasteiger partial charge on any atom is 0.107 e. The van der Waals surface area contributed by atoms with Gasteiger partial charge in [0, 0.05) is 18.0 Å². The molecule has 0 aromatic carbocycles. The molecule has 1 N–H and O–H groups in total. The van der Waals surface area contributed by atoms with Gasteiger partial charge in [0.2, 0.25) is 0 Å². The van der Waals surface area contributed by atoms with Crippen LogP contribution in [0, 0.1) is 13.8 Å². The molecule has 0 radical (unpaired) electrons. The summed E-state index contributed by atoms with van der Waals surface area (Å²) in [6.07, 6.45) is 2.95. The van der Waals surface area contributed by atoms with Crippen molar-refractivity contribution in [1.29, 1.82) is 0 Å². The van der Waals surface area contributed by atoms with E-state index in [4.69, 9.17) is 0 Å². The van der Waals surface area contributed by atoms with Gasteiger partial charge in [-0.1, -0.05) is 6.07 Å². The molecule has 0 aliphatic heterocycles. The molecule has 15 heavy (non-hydrogen) atoms. The van der Waals surface area contributed by atoms with E-state index in [0.29, 0.717) is 0 Å². The third-order valence-corrected chi connectivity index (χ3v) is 3.28. The molecule has 0 fully saturated rings. The van der Waals surface area contributed by atoms with Crippen molar-refractivity contribution >= 4 is 11.3 Å². The Morgan fingerprint density at radius 2 is 2.07 bits per heavy atom. The Bertz CT molecular complexity index is 464. The summed E-state index contributed by atoms with van der Waals surface area (Å²) in [5, 5.41) is 14.2. The highest BCUT2D eigenvalue weighted by Crippen LogP contribution is 2.27. The normalized spacial score (nSPS) is 12.7. The van der Waals surface area contributed by atoms with E-state index in [1.807, 2.05) is 30.7 Å². The van der Waals surface area contributed by atoms with Crippen LogP contribution in [0.1, 0.15) is 28.4 Å². The van der Waals surface area contributed by atoms with Crippen molar-refractivity contribution in [2.45, 2.75) is 20.0 Å². The second-order valence-corrected chi connectivity index (χ2v) is 4.45. The number of aliphatic hydroxyl groups excluding tert-OH is 1. The Balaban J connectivity index is 2.36. The summed E-state index contributed by atoms with van der Waals surface area (Å²) in [4.78, 5) is 4.09. The molecule has 0 saturated heterocycles. The van der Waals surface area contributed by atoms with Gasteiger partial charge in [-0.15, -0.1) is 0 Å². The highest BCUT2D eigenvalue weighted by molar-refractivity contribution is 7.08. The quantitative estimate of drug-likeness (QED) is 0.842. The monoisotopic (exact) mass is 219 g/mol. The fourth-order valence-corrected chi connectivity index (χ4v) is 2.43. The molecule has 2 aromatic rings. The molecule has 0 aliphatic carbocycles. The average molecular weight is 219 g/mol. The lowest BCUT2D eigenvalue weighted by Gasteiger charge is -2.10. The molecular formula is C12H13NOS. The average Bonchev–Trinajstić information content (AvgIpc) is 2.63. The van der Waals surface area contributed by atoms with Crippen molar-refractivity contribution in [3.63, 3.8) is 0 Å². The predicted molar refractivity (Wildman–Crippen MR) is 62.1 cm³/mol. The van der Waals surface area contributed by atoms with E-state index in [1.54, 1.807) is 23.7 Å². The summed E-state index contributed by atoms with van der Waals surface area (Å²) in [5.74, 6) is 0. The van der Waals surface area contributed by atoms with Crippen LogP contribution in [0.3, 0.4) is 0 Å². The molecule has 2 heterocycles. The minimum Gasteiger partial charge on any atom is -0.384 e. The summed E-state index contributed by atoms with van der Waals surface area (Å²) >= 11 is 1.61. The number of thiophene rings is 1. The molecule has 1 unspecified atom stereocenters. The Morgan fingerprint density at radius 3 is 2.67 bits per heavy atom. The van der Waals surface area contributed by atoms with E-state index in [-0.39, 0.29) is 0 Å². The van der Waals surface area contributed by atoms with E-state index in [0.717, 1.165) is 22.3 Å². The topological polar surface area (TPSA) is 33.1 Å². The van der Waals surface area contributed by atoms with Gasteiger partial charge < -0.3 is 5.11 Å². The highest BCUT2D eigenvalue weighted by atomic mass is 32.1. The lowest BCUT2D eigenvalue weighted by Crippen LogP contribution is -2.00. The van der Waals surface area contributed by atoms with Gasteiger partial charge in [0.1, 0.15) is 6.10 Å². The number of nitrogens with zero attached hydrogens (tertiary/aromatic N) is 1. The van der Waals surface area contributed by atoms with Crippen molar-refractivity contribution in [2.24, 2.45) is 0 Å². The van der Waals surface area contributed by atoms with Gasteiger partial charge in [-0.05, 0) is 41.3 Å². The third kappa shape index (κ3) is 2.08. The fraction of sp³-hybridized carbons (Fsp3) is 0.250. The van der Waals surface area contributed by atoms with Crippen LogP contribution < -0.4 is 0 Å². The van der Waals surface area contributed by atoms with Crippen LogP contribution in [-0.4, -0.2) is 10.1 Å². The van der Waals surface area contributed by atoms with Gasteiger partial charge in [-0.25, -0.2) is 0 Å². The molecule has 2 nitrogen and oxygen atoms in total. The van der Waals surface area contributed by atoms with E-state index < -0.39 is 6.10 Å². The lowest BCUT2D eigenvalue weighted by molar-refractivity contribution is 0.219. The van der Waals surface area contributed by atoms with Gasteiger partial charge in [-0.3, -0.25) is 4.98 Å². The van der Waals surface area contributed by atoms with Crippen LogP contribution in [0.25, 0.3) is 0 Å². The summed E-state index contributed by atoms with van der Waals surface area (Å²) in [7, 11) is 0. The summed E-state index contributed by atoms with van der Waals surface area (Å²) in [6, 6.07) is 1.97. The van der Waals surface area contributed by atoms with E-state index in [1.165, 1.54) is 0 Å². The van der Waals surface area contributed by atoms with Gasteiger partial charge in [-0.2, -0.15) is 11.3 Å². The molecule has 0 saturated carbocycles. The first-order chi connectivity index (χ1) is 7.18. The Kier molecular flexibility index (Phi) is 2.84. The SMILES string of the molecule is Cc1cncc(C(O)c2cscc2C)c1. The number of hydrogen-bond acceptors (Lipinski definition) is 3. The number of rotatable bonds is 2. The molecule has 0 bridgehead atoms. The second-order valence-electron chi connectivity index (χ2n) is 3.71. The van der Waals surface area contributed by atoms with Gasteiger partial charge in [0.05, 0.1) is 0 Å². The molecular weight excluding hydrogens is 206 g/mol. The first-order valence-corrected chi connectivity index (χ1v) is 5.75. The molecule has 78 valence electrons. The lowest BCUT2D eigenvalue weighted by atomic mass is 10.0. The molecule has 0 aliphatic rings. The van der Waals surface area contributed by atoms with Crippen LogP contribution >= 0.6 is 11.3 Å². The van der Waals surface area contributed by atoms with Crippen LogP contribution in [0.2, 0.25) is 0 Å². The van der Waals surface area contributed by atoms with Crippen molar-refractivity contribution in [3.05, 3.63) is 51.5 Å². The molecule has 3 heteroatoms. The zero-order valence-corrected chi connectivity index (χ0v) is 9.58. The smallest absolute Gasteiger partial charge is 0.107 e. The number of aliphatic hydroxyl groups is 1. The van der Waals surface area contributed by atoms with Gasteiger partial charge in [0.25, 0.3) is 0 Å². The number of hydrogen-bond donors (Lipinski definition) is 1. The van der Waals surface area contributed by atoms with Crippen LogP contribution in [0.15, 0.2) is 29.2 Å². The molecule has 2 aromatic heterocycles. The van der Waals surface area contributed by atoms with E-state index in [2.05, 4.69) is 4.98 Å². The first kappa shape index (κ1) is 10.3. The Labute approximate surface area is 93.2 Å². The van der Waals surface area contributed by atoms with Gasteiger partial charge in [0.15, 0.2) is 0 Å². The molecule has 1 atom stereocenters. The standard InChI is InChI=1S/C12H13NOS/c1-8-3-10(5-13-4-8)12(14)11-7-15-6-9(11)2/h3-7,12,14H,1-2H3. The van der Waals surface area contributed by atoms with Crippen LogP contribution in [-0.2, 0) is 0 Å². The zero-order chi connectivity index (χ0) is 10.8. The minimum absolute atomic E-state index is 0.552. The predicted octanol–water partition coefficient (Wildman–Crippen LogP) is 2.84. The number of aryl methyl sites for hydroxylation is 2. The largest absolute Gasteiger partial charge is 0.384 e. The van der Waals surface area contributed by atoms with Crippen molar-refractivity contribution in [1.82, 2.24) is 4.98 Å². The second kappa shape index (κ2) is 4.13. The third-order valence-electron chi connectivity index (χ3n) is 2.40. The fourth-order valence-electron chi connectivity index (χ4n) is 1.56. The van der Waals surface area contributed by atoms with Crippen molar-refractivity contribution in [2.75, 3.05) is 0 Å². The minimum atomic E-state index is -0.552. The zero-order valence-electron chi connectivity index (χ0n) is 8.77.